The smallest absolute Gasteiger partial charge is 0.188 e. The van der Waals surface area contributed by atoms with E-state index in [2.05, 4.69) is 57.9 Å². The number of hydrogen-bond acceptors (Lipinski definition) is 5. The molecule has 0 unspecified atom stereocenters. The number of nitriles is 1. The molecule has 10 rings (SSSR count). The van der Waals surface area contributed by atoms with Gasteiger partial charge in [-0.3, -0.25) is 0 Å². The second kappa shape index (κ2) is 14.9. The van der Waals surface area contributed by atoms with E-state index in [-0.39, 0.29) is 0 Å². The number of fused-ring (bicyclic) bond motifs is 3. The molecule has 3 heterocycles. The van der Waals surface area contributed by atoms with Gasteiger partial charge in [-0.05, 0) is 60.0 Å². The van der Waals surface area contributed by atoms with E-state index in [9.17, 15) is 5.26 Å². The van der Waals surface area contributed by atoms with Crippen molar-refractivity contribution in [2.75, 3.05) is 0 Å². The van der Waals surface area contributed by atoms with Crippen LogP contribution in [-0.4, -0.2) is 24.5 Å². The SMILES string of the molecule is [C-]#[N+]c1ccc2c(c1)c1cc(C#N)ccc1n2-c1ccc(-c2cc(-c3ccccc3)nc(-c3ccccc3)n2)cc1-c1cc(-c2ccccc2)nc(-c2ccccc2)n1. The van der Waals surface area contributed by atoms with E-state index < -0.39 is 0 Å². The maximum Gasteiger partial charge on any atom is 0.188 e. The zero-order valence-corrected chi connectivity index (χ0v) is 31.5. The van der Waals surface area contributed by atoms with Gasteiger partial charge in [0.05, 0.1) is 57.7 Å². The van der Waals surface area contributed by atoms with E-state index in [1.165, 1.54) is 0 Å². The van der Waals surface area contributed by atoms with E-state index in [0.29, 0.717) is 22.9 Å². The second-order valence-electron chi connectivity index (χ2n) is 14.1. The number of rotatable bonds is 7. The maximum absolute atomic E-state index is 9.92. The van der Waals surface area contributed by atoms with Gasteiger partial charge in [-0.25, -0.2) is 24.8 Å². The molecule has 0 saturated heterocycles. The minimum absolute atomic E-state index is 0.525. The summed E-state index contributed by atoms with van der Waals surface area (Å²) in [5, 5.41) is 11.7. The van der Waals surface area contributed by atoms with Crippen LogP contribution >= 0.6 is 0 Å². The normalized spacial score (nSPS) is 11.0. The van der Waals surface area contributed by atoms with Gasteiger partial charge >= 0.3 is 0 Å². The van der Waals surface area contributed by atoms with Gasteiger partial charge in [0.25, 0.3) is 0 Å². The van der Waals surface area contributed by atoms with Gasteiger partial charge in [0.1, 0.15) is 0 Å². The fraction of sp³-hybridized carbons (Fsp3) is 0. The van der Waals surface area contributed by atoms with Crippen LogP contribution in [0.4, 0.5) is 5.69 Å². The predicted molar refractivity (Wildman–Crippen MR) is 236 cm³/mol. The van der Waals surface area contributed by atoms with Crippen molar-refractivity contribution in [1.29, 1.82) is 5.26 Å². The van der Waals surface area contributed by atoms with Gasteiger partial charge in [0, 0.05) is 38.8 Å². The van der Waals surface area contributed by atoms with E-state index in [0.717, 1.165) is 83.6 Å². The molecule has 3 aromatic heterocycles. The zero-order valence-electron chi connectivity index (χ0n) is 31.5. The van der Waals surface area contributed by atoms with Crippen molar-refractivity contribution < 1.29 is 0 Å². The van der Waals surface area contributed by atoms with E-state index in [1.54, 1.807) is 0 Å². The third-order valence-corrected chi connectivity index (χ3v) is 10.5. The lowest BCUT2D eigenvalue weighted by Gasteiger charge is -2.17. The summed E-state index contributed by atoms with van der Waals surface area (Å²) in [6.45, 7) is 7.79. The highest BCUT2D eigenvalue weighted by molar-refractivity contribution is 6.11. The lowest BCUT2D eigenvalue weighted by Crippen LogP contribution is -2.02. The molecule has 0 amide bonds. The summed E-state index contributed by atoms with van der Waals surface area (Å²) < 4.78 is 2.20. The Balaban J connectivity index is 1.28. The Bertz CT molecular complexity index is 3090. The molecule has 0 spiro atoms. The van der Waals surface area contributed by atoms with Crippen LogP contribution in [0.1, 0.15) is 5.56 Å². The second-order valence-corrected chi connectivity index (χ2v) is 14.1. The molecule has 7 nitrogen and oxygen atoms in total. The summed E-state index contributed by atoms with van der Waals surface area (Å²) in [6.07, 6.45) is 0. The fourth-order valence-electron chi connectivity index (χ4n) is 7.63. The topological polar surface area (TPSA) is 84.6 Å². The van der Waals surface area contributed by atoms with Crippen LogP contribution < -0.4 is 0 Å². The predicted octanol–water partition coefficient (Wildman–Crippen LogP) is 12.8. The molecule has 7 aromatic carbocycles. The molecular formula is C52H31N7. The molecule has 0 atom stereocenters. The lowest BCUT2D eigenvalue weighted by atomic mass is 9.99. The Kier molecular flexibility index (Phi) is 8.80. The van der Waals surface area contributed by atoms with Gasteiger partial charge in [-0.15, -0.1) is 0 Å². The molecule has 59 heavy (non-hydrogen) atoms. The largest absolute Gasteiger partial charge is 0.309 e. The van der Waals surface area contributed by atoms with Crippen molar-refractivity contribution in [3.63, 3.8) is 0 Å². The first kappa shape index (κ1) is 34.9. The third kappa shape index (κ3) is 6.55. The highest BCUT2D eigenvalue weighted by atomic mass is 15.0. The average Bonchev–Trinajstić information content (AvgIpc) is 3.64. The summed E-state index contributed by atoms with van der Waals surface area (Å²) in [5.74, 6) is 1.22. The summed E-state index contributed by atoms with van der Waals surface area (Å²) in [6, 6.07) is 64.6. The molecule has 10 aromatic rings. The molecule has 274 valence electrons. The molecule has 0 bridgehead atoms. The first-order valence-electron chi connectivity index (χ1n) is 19.1. The molecule has 7 heteroatoms. The van der Waals surface area contributed by atoms with Crippen LogP contribution in [-0.2, 0) is 0 Å². The molecule has 0 N–H and O–H groups in total. The summed E-state index contributed by atoms with van der Waals surface area (Å²) in [5.41, 5.74) is 12.3. The van der Waals surface area contributed by atoms with Crippen molar-refractivity contribution >= 4 is 27.5 Å². The number of nitrogens with zero attached hydrogens (tertiary/aromatic N) is 7. The first-order chi connectivity index (χ1) is 29.1. The maximum atomic E-state index is 9.92. The molecule has 0 aliphatic rings. The van der Waals surface area contributed by atoms with Crippen molar-refractivity contribution in [3.8, 4) is 79.6 Å². The van der Waals surface area contributed by atoms with Gasteiger partial charge in [0.15, 0.2) is 17.3 Å². The highest BCUT2D eigenvalue weighted by Crippen LogP contribution is 2.40. The molecule has 0 fully saturated rings. The van der Waals surface area contributed by atoms with Crippen molar-refractivity contribution in [2.45, 2.75) is 0 Å². The van der Waals surface area contributed by atoms with Crippen molar-refractivity contribution in [1.82, 2.24) is 24.5 Å². The zero-order chi connectivity index (χ0) is 39.7. The molecule has 0 aliphatic carbocycles. The van der Waals surface area contributed by atoms with Gasteiger partial charge in [-0.2, -0.15) is 5.26 Å². The monoisotopic (exact) mass is 753 g/mol. The Morgan fingerprint density at radius 3 is 1.46 bits per heavy atom. The minimum atomic E-state index is 0.525. The lowest BCUT2D eigenvalue weighted by molar-refractivity contribution is 1.15. The van der Waals surface area contributed by atoms with Crippen LogP contribution in [0.5, 0.6) is 0 Å². The van der Waals surface area contributed by atoms with Crippen molar-refractivity contribution in [2.24, 2.45) is 0 Å². The summed E-state index contributed by atoms with van der Waals surface area (Å²) in [4.78, 5) is 24.4. The summed E-state index contributed by atoms with van der Waals surface area (Å²) >= 11 is 0. The highest BCUT2D eigenvalue weighted by Gasteiger charge is 2.21. The minimum Gasteiger partial charge on any atom is -0.309 e. The fourth-order valence-corrected chi connectivity index (χ4v) is 7.63. The van der Waals surface area contributed by atoms with E-state index in [1.807, 2.05) is 146 Å². The Labute approximate surface area is 340 Å². The molecular weight excluding hydrogens is 723 g/mol. The standard InChI is InChI=1S/C52H31N7/c1-54-40-24-27-49-42(30-40)41-28-34(33-53)22-25-48(41)59(49)50-26-23-39(46-31-44(35-14-6-2-7-15-35)55-51(57-46)37-18-10-4-11-19-37)29-43(50)47-32-45(36-16-8-3-9-17-36)56-52(58-47)38-20-12-5-13-21-38/h2-32H. The van der Waals surface area contributed by atoms with Gasteiger partial charge < -0.3 is 4.57 Å². The van der Waals surface area contributed by atoms with Gasteiger partial charge in [-0.1, -0.05) is 133 Å². The van der Waals surface area contributed by atoms with Crippen LogP contribution in [0.2, 0.25) is 0 Å². The van der Waals surface area contributed by atoms with Crippen LogP contribution in [0.15, 0.2) is 188 Å². The third-order valence-electron chi connectivity index (χ3n) is 10.5. The summed E-state index contributed by atoms with van der Waals surface area (Å²) in [7, 11) is 0. The number of aromatic nitrogens is 5. The molecule has 0 saturated carbocycles. The Hall–Kier alpha value is -8.52. The van der Waals surface area contributed by atoms with Crippen molar-refractivity contribution in [3.05, 3.63) is 205 Å². The Morgan fingerprint density at radius 1 is 0.441 bits per heavy atom. The number of benzene rings is 7. The Morgan fingerprint density at radius 2 is 0.915 bits per heavy atom. The van der Waals surface area contributed by atoms with E-state index >= 15 is 0 Å². The molecule has 0 aliphatic heterocycles. The van der Waals surface area contributed by atoms with Crippen LogP contribution in [0.25, 0.3) is 100 Å². The van der Waals surface area contributed by atoms with E-state index in [4.69, 9.17) is 26.5 Å². The number of hydrogen-bond donors (Lipinski definition) is 0. The van der Waals surface area contributed by atoms with Crippen LogP contribution in [0, 0.1) is 17.9 Å². The van der Waals surface area contributed by atoms with Gasteiger partial charge in [0.2, 0.25) is 0 Å². The average molecular weight is 754 g/mol. The molecule has 0 radical (unpaired) electrons. The first-order valence-corrected chi connectivity index (χ1v) is 19.1. The quantitative estimate of drug-likeness (QED) is 0.151. The van der Waals surface area contributed by atoms with Crippen LogP contribution in [0.3, 0.4) is 0 Å².